The van der Waals surface area contributed by atoms with Crippen molar-refractivity contribution in [1.82, 2.24) is 4.90 Å². The number of ether oxygens (including phenoxy) is 2. The number of amides is 2. The van der Waals surface area contributed by atoms with Gasteiger partial charge in [-0.1, -0.05) is 11.6 Å². The number of thioether (sulfide) groups is 1. The van der Waals surface area contributed by atoms with Crippen molar-refractivity contribution >= 4 is 46.6 Å². The van der Waals surface area contributed by atoms with Gasteiger partial charge in [-0.2, -0.15) is 0 Å². The normalized spacial score (nSPS) is 17.1. The molecule has 0 saturated carbocycles. The molecule has 134 valence electrons. The lowest BCUT2D eigenvalue weighted by molar-refractivity contribution is -0.150. The zero-order valence-corrected chi connectivity index (χ0v) is 15.3. The number of rotatable bonds is 5. The first kappa shape index (κ1) is 19.1. The highest BCUT2D eigenvalue weighted by Gasteiger charge is 2.41. The van der Waals surface area contributed by atoms with E-state index in [2.05, 4.69) is 0 Å². The molecule has 1 aliphatic rings. The van der Waals surface area contributed by atoms with Crippen LogP contribution in [0.5, 0.6) is 11.5 Å². The van der Waals surface area contributed by atoms with Crippen LogP contribution in [0.25, 0.3) is 6.08 Å². The zero-order valence-electron chi connectivity index (χ0n) is 13.7. The van der Waals surface area contributed by atoms with Gasteiger partial charge in [0.25, 0.3) is 11.1 Å². The van der Waals surface area contributed by atoms with Gasteiger partial charge in [0.1, 0.15) is 6.04 Å². The number of phenolic OH excluding ortho intramolecular Hbond substituents is 1. The van der Waals surface area contributed by atoms with E-state index < -0.39 is 23.2 Å². The Bertz CT molecular complexity index is 763. The summed E-state index contributed by atoms with van der Waals surface area (Å²) in [6.07, 6.45) is 1.44. The SMILES string of the molecule is CCOC(=O)[C@@H](C)N1C(=O)SC(=Cc2cc(Cl)c(O)c(OC)c2)C1=O. The van der Waals surface area contributed by atoms with Gasteiger partial charge in [-0.15, -0.1) is 0 Å². The lowest BCUT2D eigenvalue weighted by Crippen LogP contribution is -2.42. The van der Waals surface area contributed by atoms with Crippen molar-refractivity contribution in [2.24, 2.45) is 0 Å². The first-order chi connectivity index (χ1) is 11.8. The van der Waals surface area contributed by atoms with E-state index in [0.29, 0.717) is 17.3 Å². The van der Waals surface area contributed by atoms with Gasteiger partial charge >= 0.3 is 5.97 Å². The van der Waals surface area contributed by atoms with Gasteiger partial charge in [0.2, 0.25) is 0 Å². The fourth-order valence-corrected chi connectivity index (χ4v) is 3.29. The summed E-state index contributed by atoms with van der Waals surface area (Å²) < 4.78 is 9.85. The first-order valence-corrected chi connectivity index (χ1v) is 8.49. The van der Waals surface area contributed by atoms with E-state index in [1.165, 1.54) is 32.2 Å². The molecule has 1 saturated heterocycles. The predicted octanol–water partition coefficient (Wildman–Crippen LogP) is 3.04. The molecule has 9 heteroatoms. The zero-order chi connectivity index (χ0) is 18.7. The van der Waals surface area contributed by atoms with Crippen molar-refractivity contribution in [3.8, 4) is 11.5 Å². The fourth-order valence-electron chi connectivity index (χ4n) is 2.17. The Kier molecular flexibility index (Phi) is 5.97. The molecular formula is C16H16ClNO6S. The van der Waals surface area contributed by atoms with Crippen LogP contribution in [0.2, 0.25) is 5.02 Å². The van der Waals surface area contributed by atoms with Gasteiger partial charge in [0, 0.05) is 0 Å². The molecule has 25 heavy (non-hydrogen) atoms. The Morgan fingerprint density at radius 2 is 2.12 bits per heavy atom. The third-order valence-electron chi connectivity index (χ3n) is 3.41. The lowest BCUT2D eigenvalue weighted by atomic mass is 10.1. The van der Waals surface area contributed by atoms with Crippen LogP contribution in [0, 0.1) is 0 Å². The molecule has 1 aromatic carbocycles. The molecule has 7 nitrogen and oxygen atoms in total. The predicted molar refractivity (Wildman–Crippen MR) is 93.6 cm³/mol. The number of aromatic hydroxyl groups is 1. The second-order valence-electron chi connectivity index (χ2n) is 5.03. The maximum atomic E-state index is 12.5. The molecule has 0 bridgehead atoms. The van der Waals surface area contributed by atoms with Gasteiger partial charge < -0.3 is 14.6 Å². The minimum atomic E-state index is -1.02. The topological polar surface area (TPSA) is 93.1 Å². The van der Waals surface area contributed by atoms with Crippen molar-refractivity contribution < 1.29 is 29.0 Å². The molecule has 1 aliphatic heterocycles. The molecule has 0 unspecified atom stereocenters. The number of hydrogen-bond donors (Lipinski definition) is 1. The molecule has 0 spiro atoms. The van der Waals surface area contributed by atoms with Crippen molar-refractivity contribution in [2.75, 3.05) is 13.7 Å². The molecule has 1 fully saturated rings. The van der Waals surface area contributed by atoms with Gasteiger partial charge in [0.05, 0.1) is 23.6 Å². The van der Waals surface area contributed by atoms with Crippen LogP contribution >= 0.6 is 23.4 Å². The molecule has 0 aromatic heterocycles. The maximum Gasteiger partial charge on any atom is 0.329 e. The van der Waals surface area contributed by atoms with Gasteiger partial charge in [-0.25, -0.2) is 4.79 Å². The van der Waals surface area contributed by atoms with E-state index in [4.69, 9.17) is 21.1 Å². The highest BCUT2D eigenvalue weighted by atomic mass is 35.5. The summed E-state index contributed by atoms with van der Waals surface area (Å²) in [5, 5.41) is 9.22. The molecule has 0 radical (unpaired) electrons. The molecule has 1 aromatic rings. The van der Waals surface area contributed by atoms with Gasteiger partial charge in [0.15, 0.2) is 11.5 Å². The van der Waals surface area contributed by atoms with Gasteiger partial charge in [-0.3, -0.25) is 14.5 Å². The van der Waals surface area contributed by atoms with E-state index in [0.717, 1.165) is 4.90 Å². The smallest absolute Gasteiger partial charge is 0.329 e. The first-order valence-electron chi connectivity index (χ1n) is 7.30. The number of halogens is 1. The number of imide groups is 1. The summed E-state index contributed by atoms with van der Waals surface area (Å²) >= 11 is 6.62. The Balaban J connectivity index is 2.32. The number of carbonyl (C=O) groups excluding carboxylic acids is 3. The van der Waals surface area contributed by atoms with Crippen LogP contribution in [0.3, 0.4) is 0 Å². The number of nitrogens with zero attached hydrogens (tertiary/aromatic N) is 1. The molecular weight excluding hydrogens is 370 g/mol. The third kappa shape index (κ3) is 3.91. The standard InChI is InChI=1S/C16H16ClNO6S/c1-4-24-15(21)8(2)18-14(20)12(25-16(18)22)7-9-5-10(17)13(19)11(6-9)23-3/h5-8,19H,4H2,1-3H3/t8-/m1/s1. The molecule has 2 rings (SSSR count). The molecule has 1 atom stereocenters. The monoisotopic (exact) mass is 385 g/mol. The Hall–Kier alpha value is -2.19. The molecule has 0 aliphatic carbocycles. The van der Waals surface area contributed by atoms with E-state index >= 15 is 0 Å². The van der Waals surface area contributed by atoms with Gasteiger partial charge in [-0.05, 0) is 49.4 Å². The summed E-state index contributed by atoms with van der Waals surface area (Å²) in [5.41, 5.74) is 0.467. The summed E-state index contributed by atoms with van der Waals surface area (Å²) in [5.74, 6) is -1.33. The van der Waals surface area contributed by atoms with Crippen molar-refractivity contribution in [1.29, 1.82) is 0 Å². The number of phenols is 1. The quantitative estimate of drug-likeness (QED) is 0.615. The number of hydrogen-bond acceptors (Lipinski definition) is 7. The Morgan fingerprint density at radius 1 is 1.44 bits per heavy atom. The highest BCUT2D eigenvalue weighted by molar-refractivity contribution is 8.18. The molecule has 1 heterocycles. The van der Waals surface area contributed by atoms with E-state index in [1.807, 2.05) is 0 Å². The van der Waals surface area contributed by atoms with Crippen LogP contribution in [-0.4, -0.2) is 46.9 Å². The third-order valence-corrected chi connectivity index (χ3v) is 4.58. The summed E-state index contributed by atoms with van der Waals surface area (Å²) in [7, 11) is 1.37. The van der Waals surface area contributed by atoms with Crippen LogP contribution in [0.1, 0.15) is 19.4 Å². The van der Waals surface area contributed by atoms with Crippen LogP contribution in [0.15, 0.2) is 17.0 Å². The Labute approximate surface area is 153 Å². The second-order valence-corrected chi connectivity index (χ2v) is 6.43. The minimum absolute atomic E-state index is 0.0460. The fraction of sp³-hybridized carbons (Fsp3) is 0.312. The summed E-state index contributed by atoms with van der Waals surface area (Å²) in [4.78, 5) is 37.4. The number of carbonyl (C=O) groups is 3. The van der Waals surface area contributed by atoms with E-state index in [1.54, 1.807) is 6.92 Å². The molecule has 2 amide bonds. The van der Waals surface area contributed by atoms with Crippen molar-refractivity contribution in [3.63, 3.8) is 0 Å². The average Bonchev–Trinajstić information content (AvgIpc) is 2.84. The highest BCUT2D eigenvalue weighted by Crippen LogP contribution is 2.38. The van der Waals surface area contributed by atoms with E-state index in [9.17, 15) is 19.5 Å². The number of benzene rings is 1. The maximum absolute atomic E-state index is 12.5. The van der Waals surface area contributed by atoms with Crippen LogP contribution in [-0.2, 0) is 14.3 Å². The summed E-state index contributed by atoms with van der Waals surface area (Å²) in [6, 6.07) is 1.89. The van der Waals surface area contributed by atoms with Crippen molar-refractivity contribution in [3.05, 3.63) is 27.6 Å². The average molecular weight is 386 g/mol. The van der Waals surface area contributed by atoms with E-state index in [-0.39, 0.29) is 28.0 Å². The van der Waals surface area contributed by atoms with Crippen LogP contribution < -0.4 is 4.74 Å². The lowest BCUT2D eigenvalue weighted by Gasteiger charge is -2.19. The number of methoxy groups -OCH3 is 1. The largest absolute Gasteiger partial charge is 0.503 e. The number of esters is 1. The second kappa shape index (κ2) is 7.79. The Morgan fingerprint density at radius 3 is 2.72 bits per heavy atom. The minimum Gasteiger partial charge on any atom is -0.503 e. The summed E-state index contributed by atoms with van der Waals surface area (Å²) in [6.45, 7) is 3.22. The molecule has 1 N–H and O–H groups in total. The van der Waals surface area contributed by atoms with Crippen LogP contribution in [0.4, 0.5) is 4.79 Å². The van der Waals surface area contributed by atoms with Crippen molar-refractivity contribution in [2.45, 2.75) is 19.9 Å².